The lowest BCUT2D eigenvalue weighted by molar-refractivity contribution is 1.16. The first kappa shape index (κ1) is 20.0. The van der Waals surface area contributed by atoms with Gasteiger partial charge in [-0.3, -0.25) is 0 Å². The molecule has 3 aromatic rings. The Bertz CT molecular complexity index is 1620. The minimum absolute atomic E-state index is 0.00179. The molecule has 0 unspecified atom stereocenters. The van der Waals surface area contributed by atoms with Crippen molar-refractivity contribution in [3.8, 4) is 36.4 Å². The van der Waals surface area contributed by atoms with E-state index in [2.05, 4.69) is 31.5 Å². The normalized spacial score (nSPS) is 10.2. The number of aryl methyl sites for hydroxylation is 1. The molecule has 0 amide bonds. The number of aliphatic imine (C=N–C) groups is 1. The van der Waals surface area contributed by atoms with E-state index in [-0.39, 0.29) is 61.8 Å². The second kappa shape index (κ2) is 7.70. The third-order valence-corrected chi connectivity index (χ3v) is 4.12. The summed E-state index contributed by atoms with van der Waals surface area (Å²) in [5.41, 5.74) is -1.07. The van der Waals surface area contributed by atoms with Crippen LogP contribution in [0.3, 0.4) is 0 Å². The summed E-state index contributed by atoms with van der Waals surface area (Å²) in [6.07, 6.45) is 0. The van der Waals surface area contributed by atoms with Gasteiger partial charge in [0.2, 0.25) is 0 Å². The van der Waals surface area contributed by atoms with Crippen LogP contribution in [0, 0.1) is 74.9 Å². The lowest BCUT2D eigenvalue weighted by atomic mass is 10.1. The predicted octanol–water partition coefficient (Wildman–Crippen LogP) is 2.04. The first-order chi connectivity index (χ1) is 14.9. The highest BCUT2D eigenvalue weighted by Gasteiger charge is 2.22. The van der Waals surface area contributed by atoms with Crippen molar-refractivity contribution in [2.75, 3.05) is 0 Å². The van der Waals surface area contributed by atoms with E-state index in [1.807, 2.05) is 0 Å². The first-order valence-corrected chi connectivity index (χ1v) is 8.18. The van der Waals surface area contributed by atoms with Crippen LogP contribution < -0.4 is 0 Å². The highest BCUT2D eigenvalue weighted by molar-refractivity contribution is 6.17. The largest absolute Gasteiger partial charge is 0.234 e. The molecule has 0 saturated heterocycles. The van der Waals surface area contributed by atoms with Crippen LogP contribution in [0.2, 0.25) is 0 Å². The van der Waals surface area contributed by atoms with E-state index >= 15 is 0 Å². The van der Waals surface area contributed by atoms with Gasteiger partial charge in [-0.15, -0.1) is 0 Å². The van der Waals surface area contributed by atoms with E-state index in [1.165, 1.54) is 0 Å². The average molecular weight is 399 g/mol. The minimum Gasteiger partial charge on any atom is -0.234 e. The van der Waals surface area contributed by atoms with E-state index < -0.39 is 0 Å². The summed E-state index contributed by atoms with van der Waals surface area (Å²) in [4.78, 5) is 20.8. The van der Waals surface area contributed by atoms with Crippen LogP contribution in [-0.2, 0) is 0 Å². The highest BCUT2D eigenvalue weighted by atomic mass is 14.9. The number of benzene rings is 1. The maximum Gasteiger partial charge on any atom is 0.177 e. The van der Waals surface area contributed by atoms with Crippen LogP contribution in [0.4, 0.5) is 5.69 Å². The van der Waals surface area contributed by atoms with Crippen molar-refractivity contribution in [1.29, 1.82) is 31.6 Å². The van der Waals surface area contributed by atoms with Gasteiger partial charge in [0.05, 0.1) is 16.8 Å². The van der Waals surface area contributed by atoms with Gasteiger partial charge < -0.3 is 0 Å². The second-order valence-corrected chi connectivity index (χ2v) is 5.82. The SMILES string of the molecule is C=C(C#N)/C(C#N)=N\c1c(C)c2nc(C#N)c(C#N)nc2c2nc(C#N)c(C#N)nc12. The Morgan fingerprint density at radius 3 is 1.52 bits per heavy atom. The van der Waals surface area contributed by atoms with Crippen LogP contribution in [0.5, 0.6) is 0 Å². The molecule has 140 valence electrons. The molecule has 11 nitrogen and oxygen atoms in total. The Hall–Kier alpha value is -5.75. The third kappa shape index (κ3) is 3.10. The molecule has 11 heteroatoms. The van der Waals surface area contributed by atoms with Gasteiger partial charge >= 0.3 is 0 Å². The molecule has 0 aliphatic heterocycles. The predicted molar refractivity (Wildman–Crippen MR) is 104 cm³/mol. The zero-order chi connectivity index (χ0) is 22.7. The number of rotatable bonds is 2. The first-order valence-electron chi connectivity index (χ1n) is 8.18. The van der Waals surface area contributed by atoms with E-state index in [9.17, 15) is 26.3 Å². The lowest BCUT2D eigenvalue weighted by Gasteiger charge is -2.11. The third-order valence-electron chi connectivity index (χ3n) is 4.12. The molecule has 2 heterocycles. The van der Waals surface area contributed by atoms with E-state index in [0.29, 0.717) is 5.56 Å². The average Bonchev–Trinajstić information content (AvgIpc) is 2.81. The summed E-state index contributed by atoms with van der Waals surface area (Å²) in [7, 11) is 0. The molecule has 3 rings (SSSR count). The van der Waals surface area contributed by atoms with Crippen molar-refractivity contribution < 1.29 is 0 Å². The van der Waals surface area contributed by atoms with Crippen LogP contribution in [0.15, 0.2) is 17.1 Å². The summed E-state index contributed by atoms with van der Waals surface area (Å²) in [5.74, 6) is 0. The molecule has 31 heavy (non-hydrogen) atoms. The minimum atomic E-state index is -0.307. The molecule has 0 N–H and O–H groups in total. The van der Waals surface area contributed by atoms with Crippen molar-refractivity contribution in [3.63, 3.8) is 0 Å². The molecule has 0 spiro atoms. The number of nitrogens with zero attached hydrogens (tertiary/aromatic N) is 11. The Morgan fingerprint density at radius 1 is 0.677 bits per heavy atom. The monoisotopic (exact) mass is 399 g/mol. The fourth-order valence-electron chi connectivity index (χ4n) is 2.69. The summed E-state index contributed by atoms with van der Waals surface area (Å²) in [5, 5.41) is 55.7. The van der Waals surface area contributed by atoms with Crippen molar-refractivity contribution in [3.05, 3.63) is 40.5 Å². The zero-order valence-corrected chi connectivity index (χ0v) is 15.6. The molecule has 2 aromatic heterocycles. The molecule has 0 fully saturated rings. The van der Waals surface area contributed by atoms with Gasteiger partial charge in [0, 0.05) is 5.56 Å². The topological polar surface area (TPSA) is 207 Å². The van der Waals surface area contributed by atoms with Crippen LogP contribution in [-0.4, -0.2) is 25.6 Å². The molecule has 0 atom stereocenters. The number of allylic oxidation sites excluding steroid dienone is 1. The molecular weight excluding hydrogens is 394 g/mol. The van der Waals surface area contributed by atoms with Gasteiger partial charge in [0.1, 0.15) is 53.0 Å². The summed E-state index contributed by atoms with van der Waals surface area (Å²) in [6.45, 7) is 5.02. The molecule has 0 aliphatic carbocycles. The van der Waals surface area contributed by atoms with E-state index in [4.69, 9.17) is 5.26 Å². The molecular formula is C20H5N11. The number of nitriles is 6. The maximum atomic E-state index is 9.37. The van der Waals surface area contributed by atoms with Crippen molar-refractivity contribution in [2.24, 2.45) is 4.99 Å². The number of aromatic nitrogens is 4. The fourth-order valence-corrected chi connectivity index (χ4v) is 2.69. The van der Waals surface area contributed by atoms with E-state index in [1.54, 1.807) is 43.3 Å². The van der Waals surface area contributed by atoms with Crippen molar-refractivity contribution in [2.45, 2.75) is 6.92 Å². The van der Waals surface area contributed by atoms with Crippen LogP contribution in [0.1, 0.15) is 28.3 Å². The van der Waals surface area contributed by atoms with Gasteiger partial charge in [-0.1, -0.05) is 6.58 Å². The van der Waals surface area contributed by atoms with Gasteiger partial charge in [0.25, 0.3) is 0 Å². The number of hydrogen-bond donors (Lipinski definition) is 0. The Labute approximate surface area is 174 Å². The maximum absolute atomic E-state index is 9.37. The van der Waals surface area contributed by atoms with Crippen LogP contribution >= 0.6 is 0 Å². The summed E-state index contributed by atoms with van der Waals surface area (Å²) in [6, 6.07) is 10.6. The molecule has 0 bridgehead atoms. The fraction of sp³-hybridized carbons (Fsp3) is 0.0500. The second-order valence-electron chi connectivity index (χ2n) is 5.82. The van der Waals surface area contributed by atoms with Crippen LogP contribution in [0.25, 0.3) is 22.1 Å². The van der Waals surface area contributed by atoms with Crippen molar-refractivity contribution >= 4 is 33.5 Å². The van der Waals surface area contributed by atoms with Gasteiger partial charge in [-0.25, -0.2) is 24.9 Å². The van der Waals surface area contributed by atoms with Crippen molar-refractivity contribution in [1.82, 2.24) is 19.9 Å². The van der Waals surface area contributed by atoms with Gasteiger partial charge in [0.15, 0.2) is 28.5 Å². The number of hydrogen-bond acceptors (Lipinski definition) is 11. The Balaban J connectivity index is 2.67. The standard InChI is InChI=1S/C20H5N11/c1-9(3-21)11(4-22)27-16-10(2)17-19(29-13(6-24)12(5-23)28-17)20-18(16)30-14(7-25)15(8-26)31-20/h1H2,2H3/b27-11-. The molecule has 0 saturated carbocycles. The summed E-state index contributed by atoms with van der Waals surface area (Å²) < 4.78 is 0. The molecule has 0 aliphatic rings. The zero-order valence-electron chi connectivity index (χ0n) is 15.6. The summed E-state index contributed by atoms with van der Waals surface area (Å²) >= 11 is 0. The Morgan fingerprint density at radius 2 is 1.10 bits per heavy atom. The Kier molecular flexibility index (Phi) is 4.97. The van der Waals surface area contributed by atoms with E-state index in [0.717, 1.165) is 0 Å². The molecule has 1 aromatic carbocycles. The van der Waals surface area contributed by atoms with Gasteiger partial charge in [-0.05, 0) is 6.92 Å². The smallest absolute Gasteiger partial charge is 0.177 e. The quantitative estimate of drug-likeness (QED) is 0.348. The lowest BCUT2D eigenvalue weighted by Crippen LogP contribution is -2.04. The number of fused-ring (bicyclic) bond motifs is 3. The van der Waals surface area contributed by atoms with Gasteiger partial charge in [-0.2, -0.15) is 31.6 Å². The molecule has 0 radical (unpaired) electrons. The highest BCUT2D eigenvalue weighted by Crippen LogP contribution is 2.35.